The second-order valence-electron chi connectivity index (χ2n) is 3.34. The molecule has 1 fully saturated rings. The van der Waals surface area contributed by atoms with Gasteiger partial charge in [-0.25, -0.2) is 0 Å². The predicted octanol–water partition coefficient (Wildman–Crippen LogP) is 2.02. The van der Waals surface area contributed by atoms with Crippen LogP contribution in [0.2, 0.25) is 0 Å². The Morgan fingerprint density at radius 2 is 2.18 bits per heavy atom. The van der Waals surface area contributed by atoms with Crippen molar-refractivity contribution < 1.29 is 4.79 Å². The van der Waals surface area contributed by atoms with E-state index in [1.54, 1.807) is 6.92 Å². The van der Waals surface area contributed by atoms with Gasteiger partial charge >= 0.3 is 0 Å². The van der Waals surface area contributed by atoms with E-state index >= 15 is 0 Å². The Balaban J connectivity index is 2.25. The van der Waals surface area contributed by atoms with Gasteiger partial charge in [0.1, 0.15) is 5.78 Å². The average Bonchev–Trinajstić information content (AvgIpc) is 1.94. The first-order chi connectivity index (χ1) is 5.24. The highest BCUT2D eigenvalue weighted by Gasteiger charge is 2.30. The molecule has 0 aromatic carbocycles. The van der Waals surface area contributed by atoms with E-state index in [1.165, 1.54) is 0 Å². The summed E-state index contributed by atoms with van der Waals surface area (Å²) in [4.78, 5) is 11.2. The molecule has 60 valence electrons. The third kappa shape index (κ3) is 2.08. The molecule has 0 atom stereocenters. The number of rotatable bonds is 2. The van der Waals surface area contributed by atoms with Crippen molar-refractivity contribution in [1.29, 1.82) is 0 Å². The van der Waals surface area contributed by atoms with Gasteiger partial charge < -0.3 is 0 Å². The van der Waals surface area contributed by atoms with Gasteiger partial charge in [0.15, 0.2) is 0 Å². The molecule has 0 unspecified atom stereocenters. The summed E-state index contributed by atoms with van der Waals surface area (Å²) in [6.45, 7) is 3.96. The third-order valence-electron chi connectivity index (χ3n) is 2.27. The molecule has 0 saturated heterocycles. The Bertz CT molecular complexity index is 201. The summed E-state index contributed by atoms with van der Waals surface area (Å²) in [5, 5.41) is 0. The first-order valence-electron chi connectivity index (χ1n) is 4.16. The van der Waals surface area contributed by atoms with Crippen LogP contribution >= 0.6 is 0 Å². The highest BCUT2D eigenvalue weighted by atomic mass is 16.1. The summed E-state index contributed by atoms with van der Waals surface area (Å²) in [5.41, 5.74) is 0. The summed E-state index contributed by atoms with van der Waals surface area (Å²) >= 11 is 0. The number of hydrogen-bond acceptors (Lipinski definition) is 1. The predicted molar refractivity (Wildman–Crippen MR) is 45.0 cm³/mol. The highest BCUT2D eigenvalue weighted by Crippen LogP contribution is 2.34. The maximum atomic E-state index is 11.2. The summed E-state index contributed by atoms with van der Waals surface area (Å²) in [5.74, 6) is 7.00. The van der Waals surface area contributed by atoms with Gasteiger partial charge in [-0.2, -0.15) is 0 Å². The molecule has 1 aliphatic carbocycles. The van der Waals surface area contributed by atoms with E-state index in [9.17, 15) is 4.79 Å². The molecule has 0 amide bonds. The van der Waals surface area contributed by atoms with Crippen molar-refractivity contribution in [2.75, 3.05) is 0 Å². The molecule has 0 aromatic heterocycles. The van der Waals surface area contributed by atoms with Crippen LogP contribution in [0.5, 0.6) is 0 Å². The third-order valence-corrected chi connectivity index (χ3v) is 2.27. The van der Waals surface area contributed by atoms with Crippen LogP contribution < -0.4 is 0 Å². The summed E-state index contributed by atoms with van der Waals surface area (Å²) in [6, 6.07) is 0. The Morgan fingerprint density at radius 1 is 1.55 bits per heavy atom. The van der Waals surface area contributed by atoms with Gasteiger partial charge in [0, 0.05) is 5.92 Å². The second-order valence-corrected chi connectivity index (χ2v) is 3.34. The zero-order valence-corrected chi connectivity index (χ0v) is 7.18. The van der Waals surface area contributed by atoms with Gasteiger partial charge in [-0.05, 0) is 25.7 Å². The normalized spacial score (nSPS) is 28.2. The molecule has 0 heterocycles. The lowest BCUT2D eigenvalue weighted by Gasteiger charge is -2.30. The highest BCUT2D eigenvalue weighted by molar-refractivity contribution is 5.83. The van der Waals surface area contributed by atoms with Crippen molar-refractivity contribution in [1.82, 2.24) is 0 Å². The SMILES string of the molecule is CC#CCC(=O)C1CC(C)C1. The molecule has 0 bridgehead atoms. The number of ketones is 1. The zero-order valence-electron chi connectivity index (χ0n) is 7.18. The van der Waals surface area contributed by atoms with Crippen molar-refractivity contribution in [3.05, 3.63) is 0 Å². The van der Waals surface area contributed by atoms with Gasteiger partial charge in [-0.15, -0.1) is 5.92 Å². The fourth-order valence-corrected chi connectivity index (χ4v) is 1.49. The second kappa shape index (κ2) is 3.57. The van der Waals surface area contributed by atoms with Crippen molar-refractivity contribution in [3.8, 4) is 11.8 Å². The number of Topliss-reactive ketones (excluding diaryl/α,β-unsaturated/α-hetero) is 1. The molecule has 0 aliphatic heterocycles. The van der Waals surface area contributed by atoms with Crippen LogP contribution in [0.25, 0.3) is 0 Å². The standard InChI is InChI=1S/C10H14O/c1-3-4-5-10(11)9-6-8(2)7-9/h8-9H,5-7H2,1-2H3. The molecule has 1 aliphatic rings. The molecule has 0 aromatic rings. The van der Waals surface area contributed by atoms with Crippen LogP contribution in [-0.4, -0.2) is 5.78 Å². The lowest BCUT2D eigenvalue weighted by molar-refractivity contribution is -0.125. The van der Waals surface area contributed by atoms with Crippen LogP contribution in [0, 0.1) is 23.7 Å². The van der Waals surface area contributed by atoms with Crippen LogP contribution in [0.3, 0.4) is 0 Å². The number of carbonyl (C=O) groups excluding carboxylic acids is 1. The van der Waals surface area contributed by atoms with E-state index in [4.69, 9.17) is 0 Å². The molecule has 11 heavy (non-hydrogen) atoms. The molecular formula is C10H14O. The van der Waals surface area contributed by atoms with E-state index in [0.29, 0.717) is 18.1 Å². The lowest BCUT2D eigenvalue weighted by Crippen LogP contribution is -2.28. The maximum absolute atomic E-state index is 11.2. The Hall–Kier alpha value is -0.770. The van der Waals surface area contributed by atoms with Gasteiger partial charge in [0.25, 0.3) is 0 Å². The minimum absolute atomic E-state index is 0.339. The summed E-state index contributed by atoms with van der Waals surface area (Å²) in [6.07, 6.45) is 2.64. The lowest BCUT2D eigenvalue weighted by atomic mass is 9.73. The number of hydrogen-bond donors (Lipinski definition) is 0. The van der Waals surface area contributed by atoms with Crippen molar-refractivity contribution in [2.45, 2.75) is 33.1 Å². The first kappa shape index (κ1) is 8.33. The van der Waals surface area contributed by atoms with Crippen molar-refractivity contribution in [3.63, 3.8) is 0 Å². The van der Waals surface area contributed by atoms with E-state index in [-0.39, 0.29) is 0 Å². The van der Waals surface area contributed by atoms with E-state index in [0.717, 1.165) is 18.8 Å². The quantitative estimate of drug-likeness (QED) is 0.550. The smallest absolute Gasteiger partial charge is 0.147 e. The molecule has 0 N–H and O–H groups in total. The van der Waals surface area contributed by atoms with Crippen molar-refractivity contribution in [2.24, 2.45) is 11.8 Å². The van der Waals surface area contributed by atoms with Gasteiger partial charge in [0.05, 0.1) is 6.42 Å². The molecule has 1 nitrogen and oxygen atoms in total. The molecule has 1 rings (SSSR count). The largest absolute Gasteiger partial charge is 0.298 e. The van der Waals surface area contributed by atoms with E-state index in [1.807, 2.05) is 0 Å². The molecule has 0 radical (unpaired) electrons. The average molecular weight is 150 g/mol. The zero-order chi connectivity index (χ0) is 8.27. The first-order valence-corrected chi connectivity index (χ1v) is 4.16. The van der Waals surface area contributed by atoms with Gasteiger partial charge in [-0.1, -0.05) is 12.8 Å². The molecule has 0 spiro atoms. The number of carbonyl (C=O) groups is 1. The fraction of sp³-hybridized carbons (Fsp3) is 0.700. The van der Waals surface area contributed by atoms with Crippen LogP contribution in [0.15, 0.2) is 0 Å². The van der Waals surface area contributed by atoms with Crippen LogP contribution in [-0.2, 0) is 4.79 Å². The van der Waals surface area contributed by atoms with Gasteiger partial charge in [0.2, 0.25) is 0 Å². The molecule has 1 heteroatoms. The topological polar surface area (TPSA) is 17.1 Å². The molecule has 1 saturated carbocycles. The Kier molecular flexibility index (Phi) is 2.70. The summed E-state index contributed by atoms with van der Waals surface area (Å²) < 4.78 is 0. The van der Waals surface area contributed by atoms with E-state index < -0.39 is 0 Å². The van der Waals surface area contributed by atoms with Crippen LogP contribution in [0.1, 0.15) is 33.1 Å². The fourth-order valence-electron chi connectivity index (χ4n) is 1.49. The minimum Gasteiger partial charge on any atom is -0.298 e. The minimum atomic E-state index is 0.339. The Labute approximate surface area is 68.2 Å². The summed E-state index contributed by atoms with van der Waals surface area (Å²) in [7, 11) is 0. The maximum Gasteiger partial charge on any atom is 0.147 e. The van der Waals surface area contributed by atoms with Crippen LogP contribution in [0.4, 0.5) is 0 Å². The van der Waals surface area contributed by atoms with Crippen molar-refractivity contribution >= 4 is 5.78 Å². The van der Waals surface area contributed by atoms with Gasteiger partial charge in [-0.3, -0.25) is 4.79 Å². The molecular weight excluding hydrogens is 136 g/mol. The Morgan fingerprint density at radius 3 is 2.64 bits per heavy atom. The monoisotopic (exact) mass is 150 g/mol. The van der Waals surface area contributed by atoms with E-state index in [2.05, 4.69) is 18.8 Å².